The summed E-state index contributed by atoms with van der Waals surface area (Å²) in [6, 6.07) is 55.2. The lowest BCUT2D eigenvalue weighted by molar-refractivity contribution is 0.632. The zero-order valence-electron chi connectivity index (χ0n) is 25.2. The van der Waals surface area contributed by atoms with Gasteiger partial charge in [0, 0.05) is 16.7 Å². The lowest BCUT2D eigenvalue weighted by atomic mass is 9.73. The maximum atomic E-state index is 5.20. The highest BCUT2D eigenvalue weighted by Gasteiger charge is 2.45. The van der Waals surface area contributed by atoms with Crippen molar-refractivity contribution in [2.75, 3.05) is 4.90 Å². The Hall–Kier alpha value is -5.06. The van der Waals surface area contributed by atoms with Gasteiger partial charge in [-0.3, -0.25) is 4.57 Å². The SMILES string of the molecule is CC1(C)c2ccccc2N(c2ccc3c(c2)C(c2ccccc2)(c2ccccc2)Sc2nc4ccccc4n2-3)c2ccccc21. The van der Waals surface area contributed by atoms with Crippen LogP contribution in [0.3, 0.4) is 0 Å². The van der Waals surface area contributed by atoms with Gasteiger partial charge in [0.05, 0.1) is 28.1 Å². The summed E-state index contributed by atoms with van der Waals surface area (Å²) in [5.41, 5.74) is 13.2. The molecule has 0 saturated heterocycles. The van der Waals surface area contributed by atoms with Crippen molar-refractivity contribution in [2.45, 2.75) is 29.2 Å². The average molecular weight is 598 g/mol. The number of thioether (sulfide) groups is 1. The normalized spacial score (nSPS) is 15.6. The van der Waals surface area contributed by atoms with Gasteiger partial charge in [0.2, 0.25) is 0 Å². The molecule has 0 amide bonds. The number of aromatic nitrogens is 2. The van der Waals surface area contributed by atoms with Crippen molar-refractivity contribution in [1.82, 2.24) is 9.55 Å². The van der Waals surface area contributed by atoms with Crippen LogP contribution in [0.15, 0.2) is 157 Å². The van der Waals surface area contributed by atoms with Crippen molar-refractivity contribution in [1.29, 1.82) is 0 Å². The number of rotatable bonds is 3. The summed E-state index contributed by atoms with van der Waals surface area (Å²) >= 11 is 1.84. The lowest BCUT2D eigenvalue weighted by Gasteiger charge is -2.43. The number of anilines is 3. The van der Waals surface area contributed by atoms with Crippen LogP contribution in [-0.2, 0) is 10.2 Å². The molecular formula is C41H31N3S. The van der Waals surface area contributed by atoms with Crippen molar-refractivity contribution in [3.63, 3.8) is 0 Å². The highest BCUT2D eigenvalue weighted by Crippen LogP contribution is 2.59. The van der Waals surface area contributed by atoms with E-state index < -0.39 is 4.75 Å². The predicted octanol–water partition coefficient (Wildman–Crippen LogP) is 10.5. The van der Waals surface area contributed by atoms with Crippen LogP contribution in [0.25, 0.3) is 16.7 Å². The molecule has 3 nitrogen and oxygen atoms in total. The van der Waals surface area contributed by atoms with E-state index in [4.69, 9.17) is 4.98 Å². The fourth-order valence-electron chi connectivity index (χ4n) is 7.53. The Labute approximate surface area is 267 Å². The van der Waals surface area contributed by atoms with Crippen LogP contribution in [0, 0.1) is 0 Å². The smallest absolute Gasteiger partial charge is 0.175 e. The first-order chi connectivity index (χ1) is 22.1. The van der Waals surface area contributed by atoms with Gasteiger partial charge in [0.15, 0.2) is 5.16 Å². The molecule has 1 aromatic heterocycles. The van der Waals surface area contributed by atoms with Crippen molar-refractivity contribution in [3.8, 4) is 5.69 Å². The first-order valence-electron chi connectivity index (χ1n) is 15.5. The van der Waals surface area contributed by atoms with Crippen molar-refractivity contribution < 1.29 is 0 Å². The minimum atomic E-state index is -0.515. The molecule has 3 heterocycles. The van der Waals surface area contributed by atoms with Crippen LogP contribution < -0.4 is 4.90 Å². The number of hydrogen-bond acceptors (Lipinski definition) is 3. The van der Waals surface area contributed by atoms with Gasteiger partial charge in [0.1, 0.15) is 4.75 Å². The zero-order valence-corrected chi connectivity index (χ0v) is 26.0. The van der Waals surface area contributed by atoms with E-state index >= 15 is 0 Å². The predicted molar refractivity (Wildman–Crippen MR) is 187 cm³/mol. The molecule has 6 aromatic carbocycles. The van der Waals surface area contributed by atoms with Gasteiger partial charge < -0.3 is 4.90 Å². The Morgan fingerprint density at radius 3 is 1.73 bits per heavy atom. The van der Waals surface area contributed by atoms with E-state index in [1.54, 1.807) is 0 Å². The van der Waals surface area contributed by atoms with Crippen molar-refractivity contribution in [2.24, 2.45) is 0 Å². The summed E-state index contributed by atoms with van der Waals surface area (Å²) in [6.45, 7) is 4.68. The molecule has 2 aliphatic rings. The molecule has 0 N–H and O–H groups in total. The van der Waals surface area contributed by atoms with Crippen molar-refractivity contribution >= 4 is 39.9 Å². The molecule has 4 heteroatoms. The van der Waals surface area contributed by atoms with Crippen LogP contribution in [0.2, 0.25) is 0 Å². The lowest BCUT2D eigenvalue weighted by Crippen LogP contribution is -2.32. The molecule has 0 unspecified atom stereocenters. The van der Waals surface area contributed by atoms with Gasteiger partial charge in [0.25, 0.3) is 0 Å². The maximum absolute atomic E-state index is 5.20. The van der Waals surface area contributed by atoms with Crippen molar-refractivity contribution in [3.05, 3.63) is 179 Å². The summed E-state index contributed by atoms with van der Waals surface area (Å²) in [5.74, 6) is 0. The molecule has 7 aromatic rings. The molecule has 9 rings (SSSR count). The molecule has 0 atom stereocenters. The zero-order chi connectivity index (χ0) is 30.2. The second-order valence-corrected chi connectivity index (χ2v) is 13.6. The summed E-state index contributed by atoms with van der Waals surface area (Å²) in [5, 5.41) is 1.000. The summed E-state index contributed by atoms with van der Waals surface area (Å²) in [4.78, 5) is 7.66. The Bertz CT molecular complexity index is 2140. The molecule has 2 aliphatic heterocycles. The van der Waals surface area contributed by atoms with Crippen LogP contribution in [0.5, 0.6) is 0 Å². The van der Waals surface area contributed by atoms with Gasteiger partial charge in [-0.15, -0.1) is 0 Å². The number of nitrogens with zero attached hydrogens (tertiary/aromatic N) is 3. The third-order valence-corrected chi connectivity index (χ3v) is 11.1. The highest BCUT2D eigenvalue weighted by atomic mass is 32.2. The number of imidazole rings is 1. The van der Waals surface area contributed by atoms with E-state index in [0.29, 0.717) is 0 Å². The maximum Gasteiger partial charge on any atom is 0.175 e. The third-order valence-electron chi connectivity index (χ3n) is 9.63. The molecule has 0 fully saturated rings. The second-order valence-electron chi connectivity index (χ2n) is 12.4. The molecule has 0 radical (unpaired) electrons. The van der Waals surface area contributed by atoms with Gasteiger partial charge in [-0.1, -0.05) is 135 Å². The third kappa shape index (κ3) is 3.69. The van der Waals surface area contributed by atoms with E-state index in [0.717, 1.165) is 27.6 Å². The van der Waals surface area contributed by atoms with Crippen LogP contribution in [0.4, 0.5) is 17.1 Å². The van der Waals surface area contributed by atoms with Crippen LogP contribution in [0.1, 0.15) is 41.7 Å². The Balaban J connectivity index is 1.38. The molecule has 0 saturated carbocycles. The second kappa shape index (κ2) is 9.72. The Morgan fingerprint density at radius 2 is 1.09 bits per heavy atom. The highest BCUT2D eigenvalue weighted by molar-refractivity contribution is 8.00. The van der Waals surface area contributed by atoms with Gasteiger partial charge in [-0.25, -0.2) is 4.98 Å². The van der Waals surface area contributed by atoms with E-state index in [9.17, 15) is 0 Å². The van der Waals surface area contributed by atoms with Crippen LogP contribution in [-0.4, -0.2) is 9.55 Å². The molecule has 0 spiro atoms. The monoisotopic (exact) mass is 597 g/mol. The van der Waals surface area contributed by atoms with Crippen LogP contribution >= 0.6 is 11.8 Å². The number of benzene rings is 6. The Kier molecular flexibility index (Phi) is 5.69. The quantitative estimate of drug-likeness (QED) is 0.202. The molecule has 0 bridgehead atoms. The van der Waals surface area contributed by atoms with E-state index in [-0.39, 0.29) is 5.41 Å². The topological polar surface area (TPSA) is 21.1 Å². The van der Waals surface area contributed by atoms with Gasteiger partial charge in [-0.2, -0.15) is 0 Å². The number of para-hydroxylation sites is 4. The summed E-state index contributed by atoms with van der Waals surface area (Å²) < 4.78 is 1.84. The number of hydrogen-bond donors (Lipinski definition) is 0. The minimum absolute atomic E-state index is 0.115. The van der Waals surface area contributed by atoms with E-state index in [1.165, 1.54) is 39.2 Å². The average Bonchev–Trinajstić information content (AvgIpc) is 3.47. The van der Waals surface area contributed by atoms with Gasteiger partial charge in [-0.05, 0) is 64.7 Å². The van der Waals surface area contributed by atoms with E-state index in [1.807, 2.05) is 11.8 Å². The first-order valence-corrected chi connectivity index (χ1v) is 16.3. The molecule has 0 aliphatic carbocycles. The van der Waals surface area contributed by atoms with E-state index in [2.05, 4.69) is 175 Å². The Morgan fingerprint density at radius 1 is 0.533 bits per heavy atom. The minimum Gasteiger partial charge on any atom is -0.310 e. The standard InChI is InChI=1S/C41H31N3S/c1-40(2)31-19-9-12-22-35(31)43(36-23-13-10-20-32(36)40)30-25-26-37-33(27-30)41(28-15-5-3-6-16-28,29-17-7-4-8-18-29)45-39-42-34-21-11-14-24-38(34)44(37)39/h3-27H,1-2H3. The molecule has 45 heavy (non-hydrogen) atoms. The fraction of sp³-hybridized carbons (Fsp3) is 0.0976. The fourth-order valence-corrected chi connectivity index (χ4v) is 9.01. The molecular weight excluding hydrogens is 567 g/mol. The van der Waals surface area contributed by atoms with Gasteiger partial charge >= 0.3 is 0 Å². The molecule has 216 valence electrons. The number of fused-ring (bicyclic) bond motifs is 7. The first kappa shape index (κ1) is 26.4. The summed E-state index contributed by atoms with van der Waals surface area (Å²) in [7, 11) is 0. The largest absolute Gasteiger partial charge is 0.310 e. The summed E-state index contributed by atoms with van der Waals surface area (Å²) in [6.07, 6.45) is 0.